The lowest BCUT2D eigenvalue weighted by atomic mass is 9.55. The first-order chi connectivity index (χ1) is 13.9. The largest absolute Gasteiger partial charge is 0.428 e. The van der Waals surface area contributed by atoms with Crippen molar-refractivity contribution in [2.24, 2.45) is 21.6 Å². The van der Waals surface area contributed by atoms with Gasteiger partial charge in [0.05, 0.1) is 6.21 Å². The molecule has 2 fully saturated rings. The van der Waals surface area contributed by atoms with Gasteiger partial charge in [-0.25, -0.2) is 0 Å². The first-order valence-electron chi connectivity index (χ1n) is 10.1. The fraction of sp³-hybridized carbons (Fsp3) is 0.500. The number of nitrogens with zero attached hydrogens (tertiary/aromatic N) is 3. The number of rotatable bonds is 0. The van der Waals surface area contributed by atoms with Gasteiger partial charge >= 0.3 is 10.3 Å². The summed E-state index contributed by atoms with van der Waals surface area (Å²) >= 11 is 0. The number of benzene rings is 1. The van der Waals surface area contributed by atoms with Crippen LogP contribution in [0.4, 0.5) is 0 Å². The summed E-state index contributed by atoms with van der Waals surface area (Å²) < 4.78 is 31.9. The number of allylic oxidation sites excluding steroid dienone is 2. The second-order valence-electron chi connectivity index (χ2n) is 8.82. The maximum absolute atomic E-state index is 11.6. The van der Waals surface area contributed by atoms with Gasteiger partial charge in [0.2, 0.25) is 0 Å². The zero-order valence-electron chi connectivity index (χ0n) is 16.2. The van der Waals surface area contributed by atoms with Gasteiger partial charge in [0.15, 0.2) is 5.75 Å². The van der Waals surface area contributed by atoms with E-state index in [0.717, 1.165) is 49.7 Å². The highest BCUT2D eigenvalue weighted by Crippen LogP contribution is 2.63. The Hall–Kier alpha value is -2.64. The van der Waals surface area contributed by atoms with Gasteiger partial charge < -0.3 is 4.18 Å². The van der Waals surface area contributed by atoms with E-state index in [4.69, 9.17) is 4.18 Å². The van der Waals surface area contributed by atoms with Gasteiger partial charge in [-0.2, -0.15) is 18.9 Å². The summed E-state index contributed by atoms with van der Waals surface area (Å²) in [7, 11) is -3.87. The predicted octanol–water partition coefficient (Wildman–Crippen LogP) is 3.94. The summed E-state index contributed by atoms with van der Waals surface area (Å²) in [6, 6.07) is 8.18. The molecule has 0 bridgehead atoms. The van der Waals surface area contributed by atoms with Crippen LogP contribution in [0.25, 0.3) is 0 Å². The molecule has 0 N–H and O–H groups in total. The molecule has 29 heavy (non-hydrogen) atoms. The van der Waals surface area contributed by atoms with E-state index in [1.165, 1.54) is 17.3 Å². The lowest BCUT2D eigenvalue weighted by molar-refractivity contribution is 0.0812. The van der Waals surface area contributed by atoms with Crippen LogP contribution in [0, 0.1) is 39.9 Å². The third-order valence-electron chi connectivity index (χ3n) is 7.68. The molecule has 0 radical (unpaired) electrons. The van der Waals surface area contributed by atoms with E-state index in [9.17, 15) is 18.9 Å². The average Bonchev–Trinajstić information content (AvgIpc) is 3.04. The zero-order chi connectivity index (χ0) is 20.4. The van der Waals surface area contributed by atoms with Crippen LogP contribution in [-0.4, -0.2) is 14.6 Å². The predicted molar refractivity (Wildman–Crippen MR) is 106 cm³/mol. The Morgan fingerprint density at radius 2 is 2.00 bits per heavy atom. The van der Waals surface area contributed by atoms with Gasteiger partial charge in [-0.3, -0.25) is 0 Å². The fourth-order valence-electron chi connectivity index (χ4n) is 6.43. The number of hydrogen-bond acceptors (Lipinski definition) is 5. The van der Waals surface area contributed by atoms with Gasteiger partial charge in [-0.05, 0) is 90.5 Å². The summed E-state index contributed by atoms with van der Waals surface area (Å²) in [6.45, 7) is 2.25. The molecule has 0 saturated heterocycles. The lowest BCUT2D eigenvalue weighted by Crippen LogP contribution is -2.40. The first-order valence-corrected chi connectivity index (χ1v) is 11.4. The van der Waals surface area contributed by atoms with Crippen molar-refractivity contribution in [1.82, 2.24) is 0 Å². The maximum atomic E-state index is 11.6. The van der Waals surface area contributed by atoms with Crippen LogP contribution in [0.2, 0.25) is 0 Å². The Morgan fingerprint density at radius 3 is 2.76 bits per heavy atom. The number of hydrogen-bond donors (Lipinski definition) is 0. The normalized spacial score (nSPS) is 33.2. The van der Waals surface area contributed by atoms with Gasteiger partial charge in [0.1, 0.15) is 17.7 Å². The molecule has 1 heterocycles. The second-order valence-corrected chi connectivity index (χ2v) is 10.1. The number of aryl methyl sites for hydroxylation is 1. The van der Waals surface area contributed by atoms with E-state index in [0.29, 0.717) is 29.1 Å². The summed E-state index contributed by atoms with van der Waals surface area (Å²) in [5.41, 5.74) is 4.49. The van der Waals surface area contributed by atoms with Crippen molar-refractivity contribution in [1.29, 1.82) is 10.5 Å². The minimum Gasteiger partial charge on any atom is -0.365 e. The highest BCUT2D eigenvalue weighted by Gasteiger charge is 2.53. The third-order valence-corrected chi connectivity index (χ3v) is 8.43. The smallest absolute Gasteiger partial charge is 0.365 e. The Labute approximate surface area is 170 Å². The van der Waals surface area contributed by atoms with Crippen molar-refractivity contribution in [3.05, 3.63) is 40.0 Å². The van der Waals surface area contributed by atoms with Crippen molar-refractivity contribution in [3.63, 3.8) is 0 Å². The maximum Gasteiger partial charge on any atom is 0.428 e. The first kappa shape index (κ1) is 18.4. The third kappa shape index (κ3) is 2.64. The Kier molecular flexibility index (Phi) is 3.92. The molecule has 148 valence electrons. The van der Waals surface area contributed by atoms with Crippen LogP contribution >= 0.6 is 0 Å². The topological polar surface area (TPSA) is 103 Å². The second kappa shape index (κ2) is 6.18. The molecule has 0 spiro atoms. The summed E-state index contributed by atoms with van der Waals surface area (Å²) in [5, 5.41) is 18.8. The molecule has 0 aromatic heterocycles. The lowest BCUT2D eigenvalue weighted by Gasteiger charge is -2.49. The van der Waals surface area contributed by atoms with Gasteiger partial charge in [-0.1, -0.05) is 6.92 Å². The van der Waals surface area contributed by atoms with E-state index < -0.39 is 10.3 Å². The standard InChI is InChI=1S/C22H21N3O3S/c1-22-7-6-16-17(20(22)5-4-19(22)15(10-23)11-24)3-2-13-9-21-14(8-18(13)16)12-25-29(26,27)28-21/h8-9,12,16-17,20H,2-7H2,1H3/t16-,17+,20-,22+/m0/s1. The van der Waals surface area contributed by atoms with E-state index in [1.54, 1.807) is 0 Å². The quantitative estimate of drug-likeness (QED) is 0.606. The number of fused-ring (bicyclic) bond motifs is 6. The Morgan fingerprint density at radius 1 is 1.21 bits per heavy atom. The molecule has 5 rings (SSSR count). The Bertz CT molecular complexity index is 1150. The van der Waals surface area contributed by atoms with Crippen LogP contribution in [0.5, 0.6) is 5.75 Å². The van der Waals surface area contributed by atoms with E-state index in [2.05, 4.69) is 29.5 Å². The Balaban J connectivity index is 1.53. The van der Waals surface area contributed by atoms with Crippen molar-refractivity contribution in [2.45, 2.75) is 51.4 Å². The van der Waals surface area contributed by atoms with E-state index in [-0.39, 0.29) is 5.41 Å². The highest BCUT2D eigenvalue weighted by molar-refractivity contribution is 7.86. The molecule has 4 atom stereocenters. The van der Waals surface area contributed by atoms with Crippen LogP contribution in [-0.2, 0) is 16.7 Å². The molecule has 2 saturated carbocycles. The molecule has 0 unspecified atom stereocenters. The van der Waals surface area contributed by atoms with E-state index >= 15 is 0 Å². The van der Waals surface area contributed by atoms with Crippen molar-refractivity contribution < 1.29 is 12.6 Å². The summed E-state index contributed by atoms with van der Waals surface area (Å²) in [6.07, 6.45) is 7.16. The van der Waals surface area contributed by atoms with Crippen LogP contribution in [0.3, 0.4) is 0 Å². The average molecular weight is 407 g/mol. The highest BCUT2D eigenvalue weighted by atomic mass is 32.2. The fourth-order valence-corrected chi connectivity index (χ4v) is 7.09. The number of nitriles is 2. The van der Waals surface area contributed by atoms with Crippen LogP contribution in [0.15, 0.2) is 27.7 Å². The summed E-state index contributed by atoms with van der Waals surface area (Å²) in [5.74, 6) is 1.78. The molecule has 6 nitrogen and oxygen atoms in total. The van der Waals surface area contributed by atoms with Crippen molar-refractivity contribution in [2.75, 3.05) is 0 Å². The zero-order valence-corrected chi connectivity index (χ0v) is 17.0. The molecule has 1 aromatic rings. The van der Waals surface area contributed by atoms with Crippen molar-refractivity contribution in [3.8, 4) is 17.9 Å². The van der Waals surface area contributed by atoms with Crippen LogP contribution < -0.4 is 4.18 Å². The summed E-state index contributed by atoms with van der Waals surface area (Å²) in [4.78, 5) is 0. The molecule has 3 aliphatic carbocycles. The van der Waals surface area contributed by atoms with E-state index in [1.807, 2.05) is 6.07 Å². The van der Waals surface area contributed by atoms with Gasteiger partial charge in [0, 0.05) is 5.56 Å². The van der Waals surface area contributed by atoms with Gasteiger partial charge in [-0.15, -0.1) is 4.40 Å². The molecular weight excluding hydrogens is 386 g/mol. The minimum absolute atomic E-state index is 0.0632. The van der Waals surface area contributed by atoms with Crippen molar-refractivity contribution >= 4 is 16.5 Å². The molecule has 1 aromatic carbocycles. The van der Waals surface area contributed by atoms with Gasteiger partial charge in [0.25, 0.3) is 0 Å². The molecule has 7 heteroatoms. The molecule has 0 amide bonds. The molecule has 1 aliphatic heterocycles. The minimum atomic E-state index is -3.87. The molecule has 4 aliphatic rings. The molecular formula is C22H21N3O3S. The van der Waals surface area contributed by atoms with Crippen LogP contribution in [0.1, 0.15) is 61.6 Å². The SMILES string of the molecule is C[C@]12CC[C@@H]3c4cc5c(cc4CC[C@H]3[C@@H]1CCC2=C(C#N)C#N)OS(=O)(=O)N=C5. The monoisotopic (exact) mass is 407 g/mol.